The first-order valence-electron chi connectivity index (χ1n) is 5.71. The maximum atomic E-state index is 11.1. The van der Waals surface area contributed by atoms with Crippen LogP contribution in [0.25, 0.3) is 0 Å². The molecule has 0 amide bonds. The molecule has 0 unspecified atom stereocenters. The third-order valence-corrected chi connectivity index (χ3v) is 3.16. The van der Waals surface area contributed by atoms with Crippen molar-refractivity contribution in [2.75, 3.05) is 24.5 Å². The van der Waals surface area contributed by atoms with Crippen molar-refractivity contribution in [3.8, 4) is 0 Å². The number of nitro groups is 1. The van der Waals surface area contributed by atoms with E-state index in [1.807, 2.05) is 6.92 Å². The summed E-state index contributed by atoms with van der Waals surface area (Å²) in [5, 5.41) is 18.4. The van der Waals surface area contributed by atoms with Crippen molar-refractivity contribution < 1.29 is 4.92 Å². The molecule has 0 saturated carbocycles. The standard InChI is InChI=1S/C10H17N5O2/c1-4-14(8-5-11-6-8)10-9(15(16)17)7(2)12-13(10)3/h8,11H,4-6H2,1-3H3. The zero-order valence-electron chi connectivity index (χ0n) is 10.3. The highest BCUT2D eigenvalue weighted by molar-refractivity contribution is 5.62. The molecule has 1 fully saturated rings. The van der Waals surface area contributed by atoms with Crippen LogP contribution in [-0.2, 0) is 7.05 Å². The Morgan fingerprint density at radius 3 is 2.71 bits per heavy atom. The molecule has 17 heavy (non-hydrogen) atoms. The van der Waals surface area contributed by atoms with E-state index in [4.69, 9.17) is 0 Å². The maximum absolute atomic E-state index is 11.1. The first kappa shape index (κ1) is 11.8. The molecule has 0 aromatic carbocycles. The molecule has 0 bridgehead atoms. The third kappa shape index (κ3) is 1.86. The van der Waals surface area contributed by atoms with Gasteiger partial charge in [0, 0.05) is 26.7 Å². The zero-order valence-corrected chi connectivity index (χ0v) is 10.3. The summed E-state index contributed by atoms with van der Waals surface area (Å²) in [6.07, 6.45) is 0. The lowest BCUT2D eigenvalue weighted by Gasteiger charge is -2.38. The average Bonchev–Trinajstić information content (AvgIpc) is 2.46. The van der Waals surface area contributed by atoms with Crippen LogP contribution in [0.15, 0.2) is 0 Å². The Balaban J connectivity index is 2.44. The molecule has 0 atom stereocenters. The Hall–Kier alpha value is -1.63. The molecule has 1 saturated heterocycles. The number of aromatic nitrogens is 2. The monoisotopic (exact) mass is 239 g/mol. The second-order valence-corrected chi connectivity index (χ2v) is 4.24. The Morgan fingerprint density at radius 2 is 2.29 bits per heavy atom. The summed E-state index contributed by atoms with van der Waals surface area (Å²) in [5.74, 6) is 0.612. The summed E-state index contributed by atoms with van der Waals surface area (Å²) in [6, 6.07) is 0.327. The van der Waals surface area contributed by atoms with E-state index < -0.39 is 0 Å². The summed E-state index contributed by atoms with van der Waals surface area (Å²) >= 11 is 0. The number of nitrogens with zero attached hydrogens (tertiary/aromatic N) is 4. The number of nitrogens with one attached hydrogen (secondary N) is 1. The van der Waals surface area contributed by atoms with Gasteiger partial charge in [-0.25, -0.2) is 4.68 Å². The van der Waals surface area contributed by atoms with Gasteiger partial charge in [0.2, 0.25) is 5.82 Å². The molecule has 1 aliphatic rings. The molecule has 0 aliphatic carbocycles. The minimum Gasteiger partial charge on any atom is -0.346 e. The van der Waals surface area contributed by atoms with Gasteiger partial charge in [0.1, 0.15) is 5.69 Å². The number of hydrogen-bond acceptors (Lipinski definition) is 5. The van der Waals surface area contributed by atoms with Gasteiger partial charge >= 0.3 is 5.69 Å². The number of likely N-dealkylation sites (N-methyl/N-ethyl adjacent to an activating group) is 1. The van der Waals surface area contributed by atoms with Crippen LogP contribution in [0, 0.1) is 17.0 Å². The Morgan fingerprint density at radius 1 is 1.65 bits per heavy atom. The van der Waals surface area contributed by atoms with E-state index in [1.54, 1.807) is 18.7 Å². The summed E-state index contributed by atoms with van der Waals surface area (Å²) in [4.78, 5) is 12.8. The average molecular weight is 239 g/mol. The Labute approximate surface area is 99.6 Å². The van der Waals surface area contributed by atoms with Crippen molar-refractivity contribution >= 4 is 11.5 Å². The van der Waals surface area contributed by atoms with E-state index in [2.05, 4.69) is 15.3 Å². The van der Waals surface area contributed by atoms with Crippen LogP contribution < -0.4 is 10.2 Å². The largest absolute Gasteiger partial charge is 0.346 e. The fraction of sp³-hybridized carbons (Fsp3) is 0.700. The summed E-state index contributed by atoms with van der Waals surface area (Å²) in [6.45, 7) is 6.16. The van der Waals surface area contributed by atoms with E-state index in [1.165, 1.54) is 0 Å². The molecule has 94 valence electrons. The lowest BCUT2D eigenvalue weighted by atomic mass is 10.1. The van der Waals surface area contributed by atoms with Crippen LogP contribution in [0.4, 0.5) is 11.5 Å². The van der Waals surface area contributed by atoms with Gasteiger partial charge in [0.05, 0.1) is 11.0 Å². The van der Waals surface area contributed by atoms with Gasteiger partial charge in [-0.3, -0.25) is 10.1 Å². The van der Waals surface area contributed by atoms with Gasteiger partial charge in [-0.1, -0.05) is 0 Å². The van der Waals surface area contributed by atoms with Crippen LogP contribution in [0.5, 0.6) is 0 Å². The minimum absolute atomic E-state index is 0.126. The Bertz CT molecular complexity index is 438. The Kier molecular flexibility index (Phi) is 3.01. The molecule has 1 aromatic rings. The smallest absolute Gasteiger partial charge is 0.333 e. The van der Waals surface area contributed by atoms with Gasteiger partial charge in [0.15, 0.2) is 0 Å². The van der Waals surface area contributed by atoms with Gasteiger partial charge in [-0.15, -0.1) is 0 Å². The molecule has 1 aliphatic heterocycles. The summed E-state index contributed by atoms with van der Waals surface area (Å²) < 4.78 is 1.61. The van der Waals surface area contributed by atoms with Gasteiger partial charge < -0.3 is 10.2 Å². The molecular formula is C10H17N5O2. The quantitative estimate of drug-likeness (QED) is 0.609. The van der Waals surface area contributed by atoms with E-state index in [9.17, 15) is 10.1 Å². The molecular weight excluding hydrogens is 222 g/mol. The molecule has 1 N–H and O–H groups in total. The summed E-state index contributed by atoms with van der Waals surface area (Å²) in [7, 11) is 1.75. The van der Waals surface area contributed by atoms with E-state index in [0.29, 0.717) is 17.6 Å². The maximum Gasteiger partial charge on any atom is 0.333 e. The first-order valence-corrected chi connectivity index (χ1v) is 5.71. The van der Waals surface area contributed by atoms with Gasteiger partial charge in [0.25, 0.3) is 0 Å². The number of anilines is 1. The lowest BCUT2D eigenvalue weighted by Crippen LogP contribution is -2.57. The predicted octanol–water partition coefficient (Wildman–Crippen LogP) is 0.435. The molecule has 0 radical (unpaired) electrons. The molecule has 0 spiro atoms. The highest BCUT2D eigenvalue weighted by Crippen LogP contribution is 2.32. The van der Waals surface area contributed by atoms with Crippen molar-refractivity contribution in [2.45, 2.75) is 19.9 Å². The molecule has 1 aromatic heterocycles. The van der Waals surface area contributed by atoms with E-state index >= 15 is 0 Å². The molecule has 2 rings (SSSR count). The number of aryl methyl sites for hydroxylation is 2. The molecule has 7 nitrogen and oxygen atoms in total. The van der Waals surface area contributed by atoms with E-state index in [-0.39, 0.29) is 10.6 Å². The fourth-order valence-corrected chi connectivity index (χ4v) is 2.25. The topological polar surface area (TPSA) is 76.2 Å². The highest BCUT2D eigenvalue weighted by Gasteiger charge is 2.33. The molecule has 2 heterocycles. The number of rotatable bonds is 4. The summed E-state index contributed by atoms with van der Waals surface area (Å²) in [5.41, 5.74) is 0.597. The van der Waals surface area contributed by atoms with Crippen molar-refractivity contribution in [1.29, 1.82) is 0 Å². The lowest BCUT2D eigenvalue weighted by molar-refractivity contribution is -0.384. The second-order valence-electron chi connectivity index (χ2n) is 4.24. The van der Waals surface area contributed by atoms with Crippen LogP contribution in [0.2, 0.25) is 0 Å². The van der Waals surface area contributed by atoms with Crippen molar-refractivity contribution in [3.63, 3.8) is 0 Å². The van der Waals surface area contributed by atoms with Gasteiger partial charge in [-0.2, -0.15) is 5.10 Å². The van der Waals surface area contributed by atoms with Gasteiger partial charge in [-0.05, 0) is 13.8 Å². The third-order valence-electron chi connectivity index (χ3n) is 3.16. The van der Waals surface area contributed by atoms with Crippen molar-refractivity contribution in [3.05, 3.63) is 15.8 Å². The van der Waals surface area contributed by atoms with Crippen LogP contribution in [0.1, 0.15) is 12.6 Å². The van der Waals surface area contributed by atoms with Crippen molar-refractivity contribution in [2.24, 2.45) is 7.05 Å². The second kappa shape index (κ2) is 4.33. The molecule has 7 heteroatoms. The first-order chi connectivity index (χ1) is 8.06. The van der Waals surface area contributed by atoms with Crippen LogP contribution >= 0.6 is 0 Å². The highest BCUT2D eigenvalue weighted by atomic mass is 16.6. The van der Waals surface area contributed by atoms with Crippen molar-refractivity contribution in [1.82, 2.24) is 15.1 Å². The number of hydrogen-bond donors (Lipinski definition) is 1. The zero-order chi connectivity index (χ0) is 12.6. The van der Waals surface area contributed by atoms with Crippen LogP contribution in [0.3, 0.4) is 0 Å². The van der Waals surface area contributed by atoms with E-state index in [0.717, 1.165) is 19.6 Å². The predicted molar refractivity (Wildman–Crippen MR) is 64.3 cm³/mol. The normalized spacial score (nSPS) is 15.7. The minimum atomic E-state index is -0.341. The fourth-order valence-electron chi connectivity index (χ4n) is 2.25. The van der Waals surface area contributed by atoms with Crippen LogP contribution in [-0.4, -0.2) is 40.4 Å². The SMILES string of the molecule is CCN(c1c([N+](=O)[O-])c(C)nn1C)C1CNC1.